The Hall–Kier alpha value is -1.70. The van der Waals surface area contributed by atoms with E-state index in [4.69, 9.17) is 0 Å². The van der Waals surface area contributed by atoms with Crippen LogP contribution < -0.4 is 0 Å². The van der Waals surface area contributed by atoms with Crippen LogP contribution in [0.4, 0.5) is 0 Å². The van der Waals surface area contributed by atoms with Crippen LogP contribution >= 0.6 is 12.6 Å². The largest absolute Gasteiger partial charge is 0.295 e. The predicted molar refractivity (Wildman–Crippen MR) is 81.0 cm³/mol. The van der Waals surface area contributed by atoms with Crippen molar-refractivity contribution in [1.82, 2.24) is 0 Å². The van der Waals surface area contributed by atoms with Crippen LogP contribution in [-0.4, -0.2) is 24.5 Å². The molecule has 2 rings (SSSR count). The first-order valence-corrected chi connectivity index (χ1v) is 7.80. The Morgan fingerprint density at radius 1 is 0.952 bits per heavy atom. The molecule has 5 nitrogen and oxygen atoms in total. The van der Waals surface area contributed by atoms with E-state index < -0.39 is 15.0 Å². The van der Waals surface area contributed by atoms with Gasteiger partial charge in [0.05, 0.1) is 0 Å². The van der Waals surface area contributed by atoms with Gasteiger partial charge in [-0.2, -0.15) is 8.42 Å². The summed E-state index contributed by atoms with van der Waals surface area (Å²) in [5.41, 5.74) is 0.411. The van der Waals surface area contributed by atoms with Crippen LogP contribution in [0.15, 0.2) is 34.1 Å². The lowest BCUT2D eigenvalue weighted by Crippen LogP contribution is -2.04. The van der Waals surface area contributed by atoms with E-state index in [9.17, 15) is 22.6 Å². The normalized spacial score (nSPS) is 11.6. The molecule has 0 radical (unpaired) electrons. The molecule has 0 spiro atoms. The molecule has 0 bridgehead atoms. The quantitative estimate of drug-likeness (QED) is 0.515. The third kappa shape index (κ3) is 2.99. The highest BCUT2D eigenvalue weighted by atomic mass is 32.2. The number of rotatable bonds is 3. The van der Waals surface area contributed by atoms with Crippen molar-refractivity contribution in [2.45, 2.75) is 23.6 Å². The minimum Gasteiger partial charge on any atom is -0.295 e. The zero-order valence-corrected chi connectivity index (χ0v) is 13.0. The molecule has 0 aliphatic rings. The number of ketones is 2. The molecule has 0 amide bonds. The SMILES string of the molecule is CC(=O)c1cc(S(=O)(=O)O)c2cc(C(C)=O)cc(S)c2c1. The fourth-order valence-corrected chi connectivity index (χ4v) is 3.08. The second kappa shape index (κ2) is 5.25. The van der Waals surface area contributed by atoms with Gasteiger partial charge in [-0.25, -0.2) is 0 Å². The number of fused-ring (bicyclic) bond motifs is 1. The second-order valence-corrected chi connectivity index (χ2v) is 6.52. The fraction of sp³-hybridized carbons (Fsp3) is 0.143. The van der Waals surface area contributed by atoms with Crippen LogP contribution in [0.3, 0.4) is 0 Å². The van der Waals surface area contributed by atoms with E-state index in [2.05, 4.69) is 12.6 Å². The number of benzene rings is 2. The first-order valence-electron chi connectivity index (χ1n) is 5.91. The highest BCUT2D eigenvalue weighted by molar-refractivity contribution is 7.86. The molecule has 2 aromatic rings. The van der Waals surface area contributed by atoms with Gasteiger partial charge < -0.3 is 0 Å². The van der Waals surface area contributed by atoms with Gasteiger partial charge in [0.15, 0.2) is 11.6 Å². The summed E-state index contributed by atoms with van der Waals surface area (Å²) in [4.78, 5) is 22.9. The van der Waals surface area contributed by atoms with Crippen LogP contribution in [0.2, 0.25) is 0 Å². The Bertz CT molecular complexity index is 882. The summed E-state index contributed by atoms with van der Waals surface area (Å²) in [6, 6.07) is 5.44. The van der Waals surface area contributed by atoms with E-state index in [0.29, 0.717) is 10.3 Å². The number of thiol groups is 1. The molecule has 0 aromatic heterocycles. The molecule has 1 N–H and O–H groups in total. The Labute approximate surface area is 127 Å². The fourth-order valence-electron chi connectivity index (χ4n) is 2.03. The molecule has 0 saturated heterocycles. The molecule has 0 fully saturated rings. The van der Waals surface area contributed by atoms with Crippen LogP contribution in [0.25, 0.3) is 10.8 Å². The van der Waals surface area contributed by atoms with Gasteiger partial charge in [0.25, 0.3) is 10.1 Å². The Kier molecular flexibility index (Phi) is 3.92. The third-order valence-corrected chi connectivity index (χ3v) is 4.36. The topological polar surface area (TPSA) is 88.5 Å². The zero-order chi connectivity index (χ0) is 15.9. The van der Waals surface area contributed by atoms with E-state index in [1.807, 2.05) is 0 Å². The maximum absolute atomic E-state index is 11.5. The number of Topliss-reactive ketones (excluding diaryl/α,β-unsaturated/α-hetero) is 2. The number of hydrogen-bond acceptors (Lipinski definition) is 5. The highest BCUT2D eigenvalue weighted by Crippen LogP contribution is 2.31. The average Bonchev–Trinajstić information content (AvgIpc) is 2.36. The summed E-state index contributed by atoms with van der Waals surface area (Å²) >= 11 is 4.23. The van der Waals surface area contributed by atoms with Gasteiger partial charge >= 0.3 is 0 Å². The van der Waals surface area contributed by atoms with Crippen molar-refractivity contribution >= 4 is 45.1 Å². The van der Waals surface area contributed by atoms with Crippen molar-refractivity contribution in [2.75, 3.05) is 0 Å². The van der Waals surface area contributed by atoms with E-state index in [1.165, 1.54) is 32.0 Å². The van der Waals surface area contributed by atoms with Crippen molar-refractivity contribution in [1.29, 1.82) is 0 Å². The molecule has 7 heteroatoms. The zero-order valence-electron chi connectivity index (χ0n) is 11.2. The summed E-state index contributed by atoms with van der Waals surface area (Å²) in [6.45, 7) is 2.63. The average molecular weight is 324 g/mol. The van der Waals surface area contributed by atoms with Crippen molar-refractivity contribution in [2.24, 2.45) is 0 Å². The Morgan fingerprint density at radius 3 is 1.90 bits per heavy atom. The molecule has 0 unspecified atom stereocenters. The first-order chi connectivity index (χ1) is 9.61. The molecule has 0 atom stereocenters. The standard InChI is InChI=1S/C14H12O5S2/c1-7(15)9-4-12-11(13(20)5-9)3-10(8(2)16)6-14(12)21(17,18)19/h3-6,20H,1-2H3,(H,17,18,19). The lowest BCUT2D eigenvalue weighted by atomic mass is 10.0. The molecular formula is C14H12O5S2. The maximum atomic E-state index is 11.5. The molecule has 21 heavy (non-hydrogen) atoms. The molecule has 0 heterocycles. The van der Waals surface area contributed by atoms with Gasteiger partial charge in [-0.1, -0.05) is 0 Å². The maximum Gasteiger partial charge on any atom is 0.295 e. The van der Waals surface area contributed by atoms with Crippen molar-refractivity contribution in [3.05, 3.63) is 35.4 Å². The van der Waals surface area contributed by atoms with Crippen LogP contribution in [0.5, 0.6) is 0 Å². The van der Waals surface area contributed by atoms with Gasteiger partial charge in [-0.05, 0) is 43.5 Å². The molecule has 110 valence electrons. The van der Waals surface area contributed by atoms with Crippen molar-refractivity contribution in [3.63, 3.8) is 0 Å². The molecule has 0 aliphatic heterocycles. The third-order valence-electron chi connectivity index (χ3n) is 3.10. The van der Waals surface area contributed by atoms with Gasteiger partial charge in [0.2, 0.25) is 0 Å². The van der Waals surface area contributed by atoms with Gasteiger partial charge in [-0.15, -0.1) is 12.6 Å². The van der Waals surface area contributed by atoms with Gasteiger partial charge in [0, 0.05) is 21.4 Å². The van der Waals surface area contributed by atoms with Gasteiger partial charge in [0.1, 0.15) is 4.90 Å². The smallest absolute Gasteiger partial charge is 0.295 e. The summed E-state index contributed by atoms with van der Waals surface area (Å²) in [5.74, 6) is -0.602. The van der Waals surface area contributed by atoms with E-state index in [1.54, 1.807) is 0 Å². The second-order valence-electron chi connectivity index (χ2n) is 4.65. The predicted octanol–water partition coefficient (Wildman–Crippen LogP) is 2.78. The van der Waals surface area contributed by atoms with E-state index >= 15 is 0 Å². The molecule has 0 aliphatic carbocycles. The van der Waals surface area contributed by atoms with Crippen LogP contribution in [0, 0.1) is 0 Å². The number of carbonyl (C=O) groups excluding carboxylic acids is 2. The highest BCUT2D eigenvalue weighted by Gasteiger charge is 2.19. The summed E-state index contributed by atoms with van der Waals surface area (Å²) in [5, 5.41) is 0.531. The van der Waals surface area contributed by atoms with Crippen LogP contribution in [0.1, 0.15) is 34.6 Å². The Balaban J connectivity index is 3.03. The van der Waals surface area contributed by atoms with Crippen molar-refractivity contribution < 1.29 is 22.6 Å². The lowest BCUT2D eigenvalue weighted by Gasteiger charge is -2.10. The summed E-state index contributed by atoms with van der Waals surface area (Å²) in [6.07, 6.45) is 0. The van der Waals surface area contributed by atoms with Gasteiger partial charge in [-0.3, -0.25) is 14.1 Å². The monoisotopic (exact) mass is 324 g/mol. The number of carbonyl (C=O) groups is 2. The first kappa shape index (κ1) is 15.7. The Morgan fingerprint density at radius 2 is 1.43 bits per heavy atom. The number of hydrogen-bond donors (Lipinski definition) is 2. The molecular weight excluding hydrogens is 312 g/mol. The molecule has 0 saturated carbocycles. The summed E-state index contributed by atoms with van der Waals surface area (Å²) < 4.78 is 32.5. The minimum atomic E-state index is -4.54. The van der Waals surface area contributed by atoms with Crippen LogP contribution in [-0.2, 0) is 10.1 Å². The lowest BCUT2D eigenvalue weighted by molar-refractivity contribution is 0.100. The van der Waals surface area contributed by atoms with E-state index in [0.717, 1.165) is 6.07 Å². The minimum absolute atomic E-state index is 0.140. The molecule has 2 aromatic carbocycles. The summed E-state index contributed by atoms with van der Waals surface area (Å²) in [7, 11) is -4.54. The van der Waals surface area contributed by atoms with E-state index in [-0.39, 0.29) is 28.1 Å². The van der Waals surface area contributed by atoms with Crippen molar-refractivity contribution in [3.8, 4) is 0 Å².